The molecule has 3 amide bonds. The molecular weight excluding hydrogens is 444 g/mol. The number of carbonyl (C=O) groups excluding carboxylic acids is 3. The maximum Gasteiger partial charge on any atom is 0.253 e. The molecule has 2 N–H and O–H groups in total. The van der Waals surface area contributed by atoms with Gasteiger partial charge in [-0.2, -0.15) is 5.26 Å². The average molecular weight is 477 g/mol. The highest BCUT2D eigenvalue weighted by atomic mass is 16.2. The Labute approximate surface area is 205 Å². The fraction of sp³-hybridized carbons (Fsp3) is 0.615. The molecule has 0 aromatic heterocycles. The van der Waals surface area contributed by atoms with Gasteiger partial charge in [0.25, 0.3) is 5.91 Å². The van der Waals surface area contributed by atoms with Crippen molar-refractivity contribution in [3.05, 3.63) is 34.9 Å². The molecule has 3 aliphatic heterocycles. The van der Waals surface area contributed by atoms with E-state index in [4.69, 9.17) is 5.73 Å². The van der Waals surface area contributed by atoms with E-state index in [2.05, 4.69) is 15.9 Å². The number of likely N-dealkylation sites (tertiary alicyclic amines) is 3. The van der Waals surface area contributed by atoms with Gasteiger partial charge in [-0.3, -0.25) is 19.3 Å². The summed E-state index contributed by atoms with van der Waals surface area (Å²) in [5, 5.41) is 9.42. The number of nitrogens with zero attached hydrogens (tertiary/aromatic N) is 5. The summed E-state index contributed by atoms with van der Waals surface area (Å²) >= 11 is 0. The van der Waals surface area contributed by atoms with Crippen molar-refractivity contribution in [2.24, 2.45) is 11.7 Å². The molecule has 0 spiro atoms. The molecule has 1 aromatic rings. The summed E-state index contributed by atoms with van der Waals surface area (Å²) in [7, 11) is 3.50. The second-order valence-electron chi connectivity index (χ2n) is 11.1. The van der Waals surface area contributed by atoms with Crippen LogP contribution in [0.25, 0.3) is 0 Å². The first-order chi connectivity index (χ1) is 16.8. The zero-order valence-corrected chi connectivity index (χ0v) is 20.3. The number of rotatable bonds is 5. The molecule has 4 fully saturated rings. The van der Waals surface area contributed by atoms with Crippen LogP contribution in [0.2, 0.25) is 0 Å². The first-order valence-electron chi connectivity index (χ1n) is 12.7. The Balaban J connectivity index is 1.12. The molecule has 2 aliphatic carbocycles. The van der Waals surface area contributed by atoms with Gasteiger partial charge in [0, 0.05) is 44.8 Å². The van der Waals surface area contributed by atoms with Crippen molar-refractivity contribution in [3.8, 4) is 6.07 Å². The molecule has 0 radical (unpaired) electrons. The van der Waals surface area contributed by atoms with Gasteiger partial charge in [0.2, 0.25) is 11.8 Å². The largest absolute Gasteiger partial charge is 0.345 e. The summed E-state index contributed by atoms with van der Waals surface area (Å²) in [6, 6.07) is 7.13. The molecule has 6 rings (SSSR count). The van der Waals surface area contributed by atoms with E-state index in [0.29, 0.717) is 24.6 Å². The van der Waals surface area contributed by atoms with Crippen molar-refractivity contribution >= 4 is 17.7 Å². The van der Waals surface area contributed by atoms with E-state index in [1.807, 2.05) is 18.2 Å². The SMILES string of the molecule is CN(C)C(=O)c1ccc2c(c1)CCC2N1C(=O)[C@@H]2CC1CN2CC(N)C(=O)N1C(C#N)C[C@@H]2C[C@@H]21. The summed E-state index contributed by atoms with van der Waals surface area (Å²) in [5.41, 5.74) is 9.32. The molecule has 9 heteroatoms. The Kier molecular flexibility index (Phi) is 5.17. The van der Waals surface area contributed by atoms with Crippen LogP contribution in [0.1, 0.15) is 53.2 Å². The second-order valence-corrected chi connectivity index (χ2v) is 11.1. The minimum atomic E-state index is -0.717. The summed E-state index contributed by atoms with van der Waals surface area (Å²) in [5.74, 6) is 0.411. The molecule has 7 atom stereocenters. The number of hydrogen-bond acceptors (Lipinski definition) is 6. The van der Waals surface area contributed by atoms with Gasteiger partial charge >= 0.3 is 0 Å². The summed E-state index contributed by atoms with van der Waals surface area (Å²) < 4.78 is 0. The lowest BCUT2D eigenvalue weighted by atomic mass is 10.0. The van der Waals surface area contributed by atoms with E-state index in [1.54, 1.807) is 23.9 Å². The summed E-state index contributed by atoms with van der Waals surface area (Å²) in [6.07, 6.45) is 4.23. The van der Waals surface area contributed by atoms with Gasteiger partial charge in [0.1, 0.15) is 6.04 Å². The highest BCUT2D eigenvalue weighted by Crippen LogP contribution is 2.48. The number of nitriles is 1. The number of piperazine rings is 1. The molecule has 1 saturated carbocycles. The summed E-state index contributed by atoms with van der Waals surface area (Å²) in [6.45, 7) is 1.07. The predicted octanol–water partition coefficient (Wildman–Crippen LogP) is 0.501. The maximum absolute atomic E-state index is 13.4. The highest BCUT2D eigenvalue weighted by Gasteiger charge is 2.56. The van der Waals surface area contributed by atoms with Crippen LogP contribution in [0, 0.1) is 17.2 Å². The molecule has 35 heavy (non-hydrogen) atoms. The van der Waals surface area contributed by atoms with E-state index in [9.17, 15) is 19.6 Å². The fourth-order valence-electron chi connectivity index (χ4n) is 6.99. The molecule has 2 bridgehead atoms. The normalized spacial score (nSPS) is 33.5. The van der Waals surface area contributed by atoms with Gasteiger partial charge in [0.15, 0.2) is 0 Å². The molecule has 4 unspecified atom stereocenters. The molecule has 5 aliphatic rings. The second kappa shape index (κ2) is 8.04. The van der Waals surface area contributed by atoms with Crippen LogP contribution in [0.4, 0.5) is 0 Å². The molecule has 1 aromatic carbocycles. The van der Waals surface area contributed by atoms with Crippen LogP contribution in [0.15, 0.2) is 18.2 Å². The van der Waals surface area contributed by atoms with Crippen LogP contribution < -0.4 is 5.73 Å². The van der Waals surface area contributed by atoms with Gasteiger partial charge in [-0.05, 0) is 61.3 Å². The van der Waals surface area contributed by atoms with E-state index in [-0.39, 0.29) is 47.9 Å². The predicted molar refractivity (Wildman–Crippen MR) is 127 cm³/mol. The van der Waals surface area contributed by atoms with Crippen LogP contribution in [0.5, 0.6) is 0 Å². The minimum absolute atomic E-state index is 0.0127. The van der Waals surface area contributed by atoms with E-state index in [1.165, 1.54) is 0 Å². The van der Waals surface area contributed by atoms with Crippen molar-refractivity contribution in [2.45, 2.75) is 68.4 Å². The zero-order valence-electron chi connectivity index (χ0n) is 20.3. The number of aryl methyl sites for hydroxylation is 1. The van der Waals surface area contributed by atoms with Gasteiger partial charge in [-0.25, -0.2) is 0 Å². The Morgan fingerprint density at radius 2 is 2.03 bits per heavy atom. The maximum atomic E-state index is 13.4. The zero-order chi connectivity index (χ0) is 24.6. The van der Waals surface area contributed by atoms with Crippen molar-refractivity contribution in [2.75, 3.05) is 27.2 Å². The fourth-order valence-corrected chi connectivity index (χ4v) is 6.99. The molecule has 9 nitrogen and oxygen atoms in total. The van der Waals surface area contributed by atoms with Gasteiger partial charge in [0.05, 0.1) is 24.2 Å². The Hall–Kier alpha value is -2.96. The molecule has 184 valence electrons. The third kappa shape index (κ3) is 3.46. The first-order valence-corrected chi connectivity index (χ1v) is 12.7. The van der Waals surface area contributed by atoms with Crippen LogP contribution in [0.3, 0.4) is 0 Å². The smallest absolute Gasteiger partial charge is 0.253 e. The number of amides is 3. The third-order valence-electron chi connectivity index (χ3n) is 8.75. The van der Waals surface area contributed by atoms with Crippen LogP contribution >= 0.6 is 0 Å². The number of benzene rings is 1. The van der Waals surface area contributed by atoms with Crippen molar-refractivity contribution in [1.29, 1.82) is 5.26 Å². The van der Waals surface area contributed by atoms with E-state index in [0.717, 1.165) is 43.2 Å². The number of piperidine rings is 1. The number of fused-ring (bicyclic) bond motifs is 4. The van der Waals surface area contributed by atoms with Crippen molar-refractivity contribution in [3.63, 3.8) is 0 Å². The molecular formula is C26H32N6O3. The van der Waals surface area contributed by atoms with Gasteiger partial charge in [-0.1, -0.05) is 6.07 Å². The van der Waals surface area contributed by atoms with Crippen molar-refractivity contribution < 1.29 is 14.4 Å². The number of hydrogen-bond donors (Lipinski definition) is 1. The average Bonchev–Trinajstić information content (AvgIpc) is 3.18. The van der Waals surface area contributed by atoms with Crippen LogP contribution in [-0.2, 0) is 16.0 Å². The first kappa shape index (κ1) is 22.5. The number of carbonyl (C=O) groups is 3. The molecule has 3 heterocycles. The third-order valence-corrected chi connectivity index (χ3v) is 8.75. The van der Waals surface area contributed by atoms with Crippen LogP contribution in [-0.4, -0.2) is 94.7 Å². The van der Waals surface area contributed by atoms with Gasteiger partial charge < -0.3 is 20.4 Å². The Morgan fingerprint density at radius 3 is 2.74 bits per heavy atom. The van der Waals surface area contributed by atoms with E-state index >= 15 is 0 Å². The lowest BCUT2D eigenvalue weighted by Crippen LogP contribution is -2.57. The van der Waals surface area contributed by atoms with Gasteiger partial charge in [-0.15, -0.1) is 0 Å². The quantitative estimate of drug-likeness (QED) is 0.662. The van der Waals surface area contributed by atoms with Crippen molar-refractivity contribution in [1.82, 2.24) is 19.6 Å². The lowest BCUT2D eigenvalue weighted by molar-refractivity contribution is -0.141. The standard InChI is InChI=1S/C26H32N6O3/c1-29(2)24(33)15-3-5-19-14(7-15)4-6-21(19)32-18-10-23(26(32)35)30(12-18)13-20(28)25(34)31-17(11-27)8-16-9-22(16)31/h3,5,7,16-18,20-23H,4,6,8-10,12-13,28H2,1-2H3/t16-,17?,18?,20?,21?,22+,23+/m1/s1. The summed E-state index contributed by atoms with van der Waals surface area (Å²) in [4.78, 5) is 46.3. The molecule has 3 saturated heterocycles. The van der Waals surface area contributed by atoms with E-state index < -0.39 is 6.04 Å². The minimum Gasteiger partial charge on any atom is -0.345 e. The number of nitrogens with two attached hydrogens (primary N) is 1. The Bertz CT molecular complexity index is 1140. The Morgan fingerprint density at radius 1 is 1.23 bits per heavy atom. The highest BCUT2D eigenvalue weighted by molar-refractivity contribution is 5.94. The lowest BCUT2D eigenvalue weighted by Gasteiger charge is -2.38. The monoisotopic (exact) mass is 476 g/mol. The topological polar surface area (TPSA) is 114 Å².